The number of pyridine rings is 1. The van der Waals surface area contributed by atoms with Crippen molar-refractivity contribution in [2.24, 2.45) is 0 Å². The van der Waals surface area contributed by atoms with Crippen molar-refractivity contribution in [3.05, 3.63) is 47.8 Å². The molecule has 16 heavy (non-hydrogen) atoms. The van der Waals surface area contributed by atoms with Crippen LogP contribution in [0.15, 0.2) is 30.6 Å². The normalized spacial score (nSPS) is 10.4. The van der Waals surface area contributed by atoms with Crippen LogP contribution in [-0.2, 0) is 0 Å². The molecule has 1 aromatic carbocycles. The van der Waals surface area contributed by atoms with Crippen LogP contribution in [0.2, 0.25) is 0 Å². The van der Waals surface area contributed by atoms with Crippen LogP contribution in [0.4, 0.5) is 14.5 Å². The number of hydrogen-bond donors (Lipinski definition) is 1. The van der Waals surface area contributed by atoms with Crippen LogP contribution in [0.25, 0.3) is 11.1 Å². The Bertz CT molecular complexity index is 539. The minimum atomic E-state index is -0.489. The summed E-state index contributed by atoms with van der Waals surface area (Å²) in [5, 5.41) is 0. The minimum Gasteiger partial charge on any atom is -0.397 e. The summed E-state index contributed by atoms with van der Waals surface area (Å²) in [7, 11) is 0. The van der Waals surface area contributed by atoms with Crippen LogP contribution in [0, 0.1) is 18.6 Å². The van der Waals surface area contributed by atoms with Gasteiger partial charge in [-0.25, -0.2) is 8.78 Å². The third kappa shape index (κ3) is 1.74. The molecule has 0 fully saturated rings. The first-order valence-electron chi connectivity index (χ1n) is 4.75. The number of anilines is 1. The van der Waals surface area contributed by atoms with Crippen molar-refractivity contribution in [2.75, 3.05) is 5.73 Å². The molecule has 2 nitrogen and oxygen atoms in total. The van der Waals surface area contributed by atoms with Crippen molar-refractivity contribution in [2.45, 2.75) is 6.92 Å². The summed E-state index contributed by atoms with van der Waals surface area (Å²) in [5.41, 5.74) is 7.51. The second kappa shape index (κ2) is 3.89. The molecule has 0 spiro atoms. The second-order valence-corrected chi connectivity index (χ2v) is 3.53. The van der Waals surface area contributed by atoms with Gasteiger partial charge in [-0.05, 0) is 30.7 Å². The predicted molar refractivity (Wildman–Crippen MR) is 58.7 cm³/mol. The van der Waals surface area contributed by atoms with E-state index in [1.54, 1.807) is 6.92 Å². The van der Waals surface area contributed by atoms with E-state index in [9.17, 15) is 8.78 Å². The average Bonchev–Trinajstić information content (AvgIpc) is 2.26. The zero-order valence-corrected chi connectivity index (χ0v) is 8.67. The van der Waals surface area contributed by atoms with Gasteiger partial charge >= 0.3 is 0 Å². The quantitative estimate of drug-likeness (QED) is 0.802. The van der Waals surface area contributed by atoms with Crippen molar-refractivity contribution >= 4 is 5.69 Å². The highest BCUT2D eigenvalue weighted by Crippen LogP contribution is 2.28. The molecule has 0 unspecified atom stereocenters. The Morgan fingerprint density at radius 1 is 1.12 bits per heavy atom. The third-order valence-corrected chi connectivity index (χ3v) is 2.47. The lowest BCUT2D eigenvalue weighted by Crippen LogP contribution is -1.96. The van der Waals surface area contributed by atoms with Crippen LogP contribution in [0.3, 0.4) is 0 Å². The maximum absolute atomic E-state index is 13.5. The maximum Gasteiger partial charge on any atom is 0.131 e. The summed E-state index contributed by atoms with van der Waals surface area (Å²) in [6, 6.07) is 3.31. The number of nitrogens with two attached hydrogens (primary N) is 1. The summed E-state index contributed by atoms with van der Waals surface area (Å²) >= 11 is 0. The first-order chi connectivity index (χ1) is 7.59. The fourth-order valence-corrected chi connectivity index (χ4v) is 1.52. The number of benzene rings is 1. The molecule has 0 aliphatic carbocycles. The Hall–Kier alpha value is -1.97. The number of nitrogens with zero attached hydrogens (tertiary/aromatic N) is 1. The standard InChI is InChI=1S/C12H10F2N2/c1-7-10(5-16-6-12(7)15)9-4-8(13)2-3-11(9)14/h2-6H,15H2,1H3. The Morgan fingerprint density at radius 2 is 1.88 bits per heavy atom. The van der Waals surface area contributed by atoms with E-state index in [-0.39, 0.29) is 5.56 Å². The second-order valence-electron chi connectivity index (χ2n) is 3.53. The largest absolute Gasteiger partial charge is 0.397 e. The monoisotopic (exact) mass is 220 g/mol. The van der Waals surface area contributed by atoms with Crippen LogP contribution in [-0.4, -0.2) is 4.98 Å². The molecule has 0 aliphatic rings. The average molecular weight is 220 g/mol. The summed E-state index contributed by atoms with van der Waals surface area (Å²) in [6.45, 7) is 1.75. The minimum absolute atomic E-state index is 0.178. The Morgan fingerprint density at radius 3 is 2.62 bits per heavy atom. The fraction of sp³-hybridized carbons (Fsp3) is 0.0833. The number of aromatic nitrogens is 1. The molecule has 82 valence electrons. The Labute approximate surface area is 91.7 Å². The maximum atomic E-state index is 13.5. The van der Waals surface area contributed by atoms with Gasteiger partial charge in [-0.2, -0.15) is 0 Å². The van der Waals surface area contributed by atoms with Crippen LogP contribution in [0.1, 0.15) is 5.56 Å². The molecule has 0 saturated heterocycles. The zero-order chi connectivity index (χ0) is 11.7. The van der Waals surface area contributed by atoms with E-state index in [4.69, 9.17) is 5.73 Å². The van der Waals surface area contributed by atoms with Crippen molar-refractivity contribution in [1.82, 2.24) is 4.98 Å². The highest BCUT2D eigenvalue weighted by Gasteiger charge is 2.10. The van der Waals surface area contributed by atoms with Gasteiger partial charge in [-0.15, -0.1) is 0 Å². The molecule has 0 saturated carbocycles. The Balaban J connectivity index is 2.67. The lowest BCUT2D eigenvalue weighted by molar-refractivity contribution is 0.603. The van der Waals surface area contributed by atoms with E-state index in [1.165, 1.54) is 12.4 Å². The molecule has 2 rings (SSSR count). The van der Waals surface area contributed by atoms with Gasteiger partial charge in [-0.3, -0.25) is 4.98 Å². The topological polar surface area (TPSA) is 38.9 Å². The molecule has 2 aromatic rings. The molecule has 0 aliphatic heterocycles. The molecule has 0 bridgehead atoms. The van der Waals surface area contributed by atoms with Gasteiger partial charge in [0, 0.05) is 17.3 Å². The van der Waals surface area contributed by atoms with E-state index in [0.717, 1.165) is 18.2 Å². The smallest absolute Gasteiger partial charge is 0.131 e. The number of hydrogen-bond acceptors (Lipinski definition) is 2. The van der Waals surface area contributed by atoms with Crippen molar-refractivity contribution < 1.29 is 8.78 Å². The number of halogens is 2. The molecule has 2 N–H and O–H groups in total. The molecule has 0 atom stereocenters. The predicted octanol–water partition coefficient (Wildman–Crippen LogP) is 2.92. The summed E-state index contributed by atoms with van der Waals surface area (Å²) in [4.78, 5) is 3.88. The van der Waals surface area contributed by atoms with Gasteiger partial charge in [-0.1, -0.05) is 0 Å². The molecule has 1 aromatic heterocycles. The van der Waals surface area contributed by atoms with Crippen molar-refractivity contribution in [3.8, 4) is 11.1 Å². The van der Waals surface area contributed by atoms with Crippen molar-refractivity contribution in [1.29, 1.82) is 0 Å². The van der Waals surface area contributed by atoms with E-state index >= 15 is 0 Å². The Kier molecular flexibility index (Phi) is 2.56. The molecular formula is C12H10F2N2. The summed E-state index contributed by atoms with van der Waals surface area (Å²) < 4.78 is 26.6. The van der Waals surface area contributed by atoms with Crippen LogP contribution >= 0.6 is 0 Å². The SMILES string of the molecule is Cc1c(N)cncc1-c1cc(F)ccc1F. The zero-order valence-electron chi connectivity index (χ0n) is 8.67. The van der Waals surface area contributed by atoms with Crippen LogP contribution < -0.4 is 5.73 Å². The van der Waals surface area contributed by atoms with Gasteiger partial charge in [0.25, 0.3) is 0 Å². The lowest BCUT2D eigenvalue weighted by atomic mass is 10.0. The molecule has 4 heteroatoms. The van der Waals surface area contributed by atoms with Gasteiger partial charge in [0.2, 0.25) is 0 Å². The van der Waals surface area contributed by atoms with E-state index in [2.05, 4.69) is 4.98 Å². The van der Waals surface area contributed by atoms with Crippen LogP contribution in [0.5, 0.6) is 0 Å². The highest BCUT2D eigenvalue weighted by molar-refractivity contribution is 5.71. The number of rotatable bonds is 1. The van der Waals surface area contributed by atoms with E-state index in [0.29, 0.717) is 16.8 Å². The van der Waals surface area contributed by atoms with Gasteiger partial charge in [0.1, 0.15) is 11.6 Å². The van der Waals surface area contributed by atoms with E-state index in [1.807, 2.05) is 0 Å². The molecule has 1 heterocycles. The fourth-order valence-electron chi connectivity index (χ4n) is 1.52. The van der Waals surface area contributed by atoms with Gasteiger partial charge in [0.15, 0.2) is 0 Å². The first kappa shape index (κ1) is 10.5. The molecular weight excluding hydrogens is 210 g/mol. The summed E-state index contributed by atoms with van der Waals surface area (Å²) in [5.74, 6) is -0.977. The van der Waals surface area contributed by atoms with Crippen molar-refractivity contribution in [3.63, 3.8) is 0 Å². The highest BCUT2D eigenvalue weighted by atomic mass is 19.1. The summed E-state index contributed by atoms with van der Waals surface area (Å²) in [6.07, 6.45) is 2.96. The third-order valence-electron chi connectivity index (χ3n) is 2.47. The molecule has 0 amide bonds. The van der Waals surface area contributed by atoms with Gasteiger partial charge in [0.05, 0.1) is 11.9 Å². The first-order valence-corrected chi connectivity index (χ1v) is 4.75. The lowest BCUT2D eigenvalue weighted by Gasteiger charge is -2.08. The van der Waals surface area contributed by atoms with E-state index < -0.39 is 11.6 Å². The molecule has 0 radical (unpaired) electrons. The van der Waals surface area contributed by atoms with Gasteiger partial charge < -0.3 is 5.73 Å². The number of nitrogen functional groups attached to an aromatic ring is 1.